The summed E-state index contributed by atoms with van der Waals surface area (Å²) in [5, 5.41) is 5.03. The van der Waals surface area contributed by atoms with E-state index in [-0.39, 0.29) is 4.90 Å². The zero-order chi connectivity index (χ0) is 21.3. The van der Waals surface area contributed by atoms with Crippen molar-refractivity contribution < 1.29 is 13.2 Å². The Hall–Kier alpha value is -2.83. The minimum Gasteiger partial charge on any atom is -0.497 e. The molecule has 0 saturated carbocycles. The monoisotopic (exact) mass is 440 g/mol. The van der Waals surface area contributed by atoms with E-state index in [1.165, 1.54) is 16.5 Å². The van der Waals surface area contributed by atoms with Gasteiger partial charge in [0.1, 0.15) is 5.75 Å². The lowest BCUT2D eigenvalue weighted by molar-refractivity contribution is 0.371. The molecule has 0 radical (unpaired) electrons. The smallest absolute Gasteiger partial charge is 0.279 e. The van der Waals surface area contributed by atoms with Crippen LogP contribution in [-0.4, -0.2) is 25.7 Å². The Balaban J connectivity index is 1.77. The van der Waals surface area contributed by atoms with Crippen molar-refractivity contribution in [2.45, 2.75) is 24.3 Å². The van der Waals surface area contributed by atoms with Crippen LogP contribution in [0.4, 0.5) is 0 Å². The standard InChI is InChI=1S/C23H21ClN2O3S/c1-16-3-5-18(6-4-16)23-15-22(17-7-11-20(29-2)12-8-17)25-26(23)30(27,28)21-13-9-19(24)10-14-21/h3-14,23H,15H2,1-2H3. The second kappa shape index (κ2) is 8.13. The third kappa shape index (κ3) is 3.93. The molecule has 1 aliphatic rings. The Bertz CT molecular complexity index is 1170. The Morgan fingerprint density at radius 2 is 1.60 bits per heavy atom. The number of rotatable bonds is 5. The van der Waals surface area contributed by atoms with Crippen molar-refractivity contribution >= 4 is 27.3 Å². The first-order valence-corrected chi connectivity index (χ1v) is 11.3. The first-order chi connectivity index (χ1) is 14.4. The van der Waals surface area contributed by atoms with Crippen molar-refractivity contribution in [3.8, 4) is 5.75 Å². The van der Waals surface area contributed by atoms with Gasteiger partial charge in [0.05, 0.1) is 23.8 Å². The number of hydrogen-bond acceptors (Lipinski definition) is 4. The van der Waals surface area contributed by atoms with Crippen LogP contribution in [0.25, 0.3) is 0 Å². The molecule has 0 aliphatic carbocycles. The van der Waals surface area contributed by atoms with Gasteiger partial charge in [0, 0.05) is 11.4 Å². The highest BCUT2D eigenvalue weighted by Gasteiger charge is 2.37. The van der Waals surface area contributed by atoms with Crippen LogP contribution in [0.3, 0.4) is 0 Å². The van der Waals surface area contributed by atoms with Crippen LogP contribution in [0.5, 0.6) is 5.75 Å². The van der Waals surface area contributed by atoms with Gasteiger partial charge in [0.2, 0.25) is 0 Å². The van der Waals surface area contributed by atoms with Gasteiger partial charge < -0.3 is 4.74 Å². The minimum atomic E-state index is -3.85. The molecule has 0 spiro atoms. The van der Waals surface area contributed by atoms with Crippen molar-refractivity contribution in [2.75, 3.05) is 7.11 Å². The lowest BCUT2D eigenvalue weighted by Gasteiger charge is -2.23. The van der Waals surface area contributed by atoms with Crippen LogP contribution in [-0.2, 0) is 10.0 Å². The van der Waals surface area contributed by atoms with E-state index in [9.17, 15) is 8.42 Å². The third-order valence-corrected chi connectivity index (χ3v) is 7.06. The van der Waals surface area contributed by atoms with Gasteiger partial charge in [0.25, 0.3) is 10.0 Å². The Kier molecular flexibility index (Phi) is 5.54. The fraction of sp³-hybridized carbons (Fsp3) is 0.174. The van der Waals surface area contributed by atoms with E-state index in [0.717, 1.165) is 22.4 Å². The normalized spacial score (nSPS) is 16.4. The summed E-state index contributed by atoms with van der Waals surface area (Å²) in [5.74, 6) is 0.734. The van der Waals surface area contributed by atoms with Crippen molar-refractivity contribution in [2.24, 2.45) is 5.10 Å². The second-order valence-electron chi connectivity index (χ2n) is 7.14. The average Bonchev–Trinajstić information content (AvgIpc) is 3.21. The van der Waals surface area contributed by atoms with Crippen molar-refractivity contribution in [1.29, 1.82) is 0 Å². The number of ether oxygens (including phenoxy) is 1. The number of benzene rings is 3. The SMILES string of the molecule is COc1ccc(C2=NN(S(=O)(=O)c3ccc(Cl)cc3)C(c3ccc(C)cc3)C2)cc1. The van der Waals surface area contributed by atoms with Crippen molar-refractivity contribution in [1.82, 2.24) is 4.41 Å². The summed E-state index contributed by atoms with van der Waals surface area (Å²) >= 11 is 5.94. The maximum Gasteiger partial charge on any atom is 0.279 e. The summed E-state index contributed by atoms with van der Waals surface area (Å²) in [6.07, 6.45) is 0.474. The van der Waals surface area contributed by atoms with Crippen LogP contribution in [0.15, 0.2) is 82.8 Å². The molecule has 0 saturated heterocycles. The fourth-order valence-electron chi connectivity index (χ4n) is 3.42. The molecular weight excluding hydrogens is 420 g/mol. The molecule has 1 aliphatic heterocycles. The van der Waals surface area contributed by atoms with E-state index < -0.39 is 16.1 Å². The van der Waals surface area contributed by atoms with Gasteiger partial charge in [-0.1, -0.05) is 41.4 Å². The fourth-order valence-corrected chi connectivity index (χ4v) is 4.98. The van der Waals surface area contributed by atoms with Crippen molar-refractivity contribution in [3.63, 3.8) is 0 Å². The largest absolute Gasteiger partial charge is 0.497 e. The molecule has 4 rings (SSSR count). The third-order valence-electron chi connectivity index (χ3n) is 5.12. The Morgan fingerprint density at radius 1 is 0.967 bits per heavy atom. The van der Waals surface area contributed by atoms with Crippen LogP contribution in [0.2, 0.25) is 5.02 Å². The van der Waals surface area contributed by atoms with E-state index in [1.807, 2.05) is 55.5 Å². The topological polar surface area (TPSA) is 59.0 Å². The molecule has 0 amide bonds. The van der Waals surface area contributed by atoms with E-state index in [4.69, 9.17) is 16.3 Å². The van der Waals surface area contributed by atoms with Gasteiger partial charge in [-0.15, -0.1) is 0 Å². The van der Waals surface area contributed by atoms with Crippen LogP contribution < -0.4 is 4.74 Å². The number of methoxy groups -OCH3 is 1. The predicted molar refractivity (Wildman–Crippen MR) is 119 cm³/mol. The summed E-state index contributed by atoms with van der Waals surface area (Å²) < 4.78 is 33.3. The van der Waals surface area contributed by atoms with E-state index in [2.05, 4.69) is 5.10 Å². The predicted octanol–water partition coefficient (Wildman–Crippen LogP) is 5.20. The van der Waals surface area contributed by atoms with Crippen molar-refractivity contribution in [3.05, 3.63) is 94.5 Å². The highest BCUT2D eigenvalue weighted by Crippen LogP contribution is 2.37. The molecule has 1 unspecified atom stereocenters. The summed E-state index contributed by atoms with van der Waals surface area (Å²) in [5.41, 5.74) is 3.58. The molecule has 0 bridgehead atoms. The van der Waals surface area contributed by atoms with Crippen LogP contribution >= 0.6 is 11.6 Å². The summed E-state index contributed by atoms with van der Waals surface area (Å²) in [7, 11) is -2.25. The molecule has 3 aromatic carbocycles. The number of sulfonamides is 1. The number of aryl methyl sites for hydroxylation is 1. The molecule has 0 fully saturated rings. The van der Waals surface area contributed by atoms with E-state index >= 15 is 0 Å². The minimum absolute atomic E-state index is 0.156. The summed E-state index contributed by atoms with van der Waals surface area (Å²) in [6, 6.07) is 21.1. The molecular formula is C23H21ClN2O3S. The molecule has 3 aromatic rings. The maximum atomic E-state index is 13.4. The zero-order valence-electron chi connectivity index (χ0n) is 16.6. The van der Waals surface area contributed by atoms with Crippen LogP contribution in [0, 0.1) is 6.92 Å². The molecule has 5 nitrogen and oxygen atoms in total. The van der Waals surface area contributed by atoms with Gasteiger partial charge >= 0.3 is 0 Å². The van der Waals surface area contributed by atoms with E-state index in [1.54, 1.807) is 19.2 Å². The zero-order valence-corrected chi connectivity index (χ0v) is 18.2. The molecule has 0 aromatic heterocycles. The number of hydrogen-bond donors (Lipinski definition) is 0. The van der Waals surface area contributed by atoms with Gasteiger partial charge in [-0.05, 0) is 66.6 Å². The molecule has 154 valence electrons. The Morgan fingerprint density at radius 3 is 2.20 bits per heavy atom. The van der Waals surface area contributed by atoms with Gasteiger partial charge in [-0.3, -0.25) is 0 Å². The van der Waals surface area contributed by atoms with Gasteiger partial charge in [-0.2, -0.15) is 17.9 Å². The number of halogens is 1. The first kappa shape index (κ1) is 20.4. The lowest BCUT2D eigenvalue weighted by Crippen LogP contribution is -2.27. The maximum absolute atomic E-state index is 13.4. The number of nitrogens with zero attached hydrogens (tertiary/aromatic N) is 2. The molecule has 7 heteroatoms. The lowest BCUT2D eigenvalue weighted by atomic mass is 9.98. The second-order valence-corrected chi connectivity index (χ2v) is 9.37. The molecule has 30 heavy (non-hydrogen) atoms. The highest BCUT2D eigenvalue weighted by molar-refractivity contribution is 7.89. The average molecular weight is 441 g/mol. The summed E-state index contributed by atoms with van der Waals surface area (Å²) in [6.45, 7) is 2.00. The molecule has 1 atom stereocenters. The first-order valence-electron chi connectivity index (χ1n) is 9.47. The van der Waals surface area contributed by atoms with Gasteiger partial charge in [0.15, 0.2) is 0 Å². The van der Waals surface area contributed by atoms with Crippen LogP contribution in [0.1, 0.15) is 29.2 Å². The molecule has 1 heterocycles. The van der Waals surface area contributed by atoms with E-state index in [0.29, 0.717) is 17.2 Å². The summed E-state index contributed by atoms with van der Waals surface area (Å²) in [4.78, 5) is 0.156. The highest BCUT2D eigenvalue weighted by atomic mass is 35.5. The molecule has 0 N–H and O–H groups in total. The quantitative estimate of drug-likeness (QED) is 0.548. The number of hydrazone groups is 1. The van der Waals surface area contributed by atoms with Gasteiger partial charge in [-0.25, -0.2) is 0 Å². The Labute approximate surface area is 181 Å².